The lowest BCUT2D eigenvalue weighted by Gasteiger charge is -2.33. The Hall–Kier alpha value is -3.05. The van der Waals surface area contributed by atoms with E-state index in [0.717, 1.165) is 0 Å². The van der Waals surface area contributed by atoms with Gasteiger partial charge < -0.3 is 29.3 Å². The molecule has 1 saturated heterocycles. The fourth-order valence-electron chi connectivity index (χ4n) is 3.37. The third kappa shape index (κ3) is 7.22. The minimum absolute atomic E-state index is 0.0587. The Bertz CT molecular complexity index is 982. The highest BCUT2D eigenvalue weighted by molar-refractivity contribution is 5.94. The first-order chi connectivity index (χ1) is 16.2. The zero-order valence-corrected chi connectivity index (χ0v) is 19.7. The van der Waals surface area contributed by atoms with Crippen LogP contribution in [0, 0.1) is 5.82 Å². The lowest BCUT2D eigenvalue weighted by molar-refractivity contribution is -0.0231. The number of hydrogen-bond donors (Lipinski definition) is 2. The SMILES string of the molecule is CC(C)(C)OC(=O)N1CCC(OCc2nc(-c3ccc(C(=O)NCCCO)c(F)c3)no2)CC1. The molecule has 1 fully saturated rings. The standard InChI is InChI=1S/C23H31FN4O6/c1-23(2,3)33-22(31)28-10-7-16(8-11-28)32-14-19-26-20(27-34-19)15-5-6-17(18(24)13-15)21(30)25-9-4-12-29/h5-6,13,16,29H,4,7-12,14H2,1-3H3,(H,25,30). The van der Waals surface area contributed by atoms with Gasteiger partial charge in [-0.2, -0.15) is 4.98 Å². The summed E-state index contributed by atoms with van der Waals surface area (Å²) in [7, 11) is 0. The summed E-state index contributed by atoms with van der Waals surface area (Å²) >= 11 is 0. The van der Waals surface area contributed by atoms with Crippen LogP contribution in [-0.4, -0.2) is 70.1 Å². The van der Waals surface area contributed by atoms with Crippen molar-refractivity contribution in [2.75, 3.05) is 26.2 Å². The molecule has 2 N–H and O–H groups in total. The van der Waals surface area contributed by atoms with Crippen molar-refractivity contribution >= 4 is 12.0 Å². The van der Waals surface area contributed by atoms with Gasteiger partial charge in [0, 0.05) is 31.8 Å². The van der Waals surface area contributed by atoms with Gasteiger partial charge >= 0.3 is 6.09 Å². The predicted molar refractivity (Wildman–Crippen MR) is 119 cm³/mol. The molecule has 0 spiro atoms. The number of aliphatic hydroxyl groups excluding tert-OH is 1. The normalized spacial score (nSPS) is 14.8. The average molecular weight is 479 g/mol. The molecular weight excluding hydrogens is 447 g/mol. The molecule has 0 unspecified atom stereocenters. The van der Waals surface area contributed by atoms with Crippen molar-refractivity contribution in [3.05, 3.63) is 35.5 Å². The van der Waals surface area contributed by atoms with Crippen LogP contribution in [-0.2, 0) is 16.1 Å². The predicted octanol–water partition coefficient (Wildman–Crippen LogP) is 2.90. The zero-order chi connectivity index (χ0) is 24.7. The van der Waals surface area contributed by atoms with Gasteiger partial charge in [-0.3, -0.25) is 4.79 Å². The fraction of sp³-hybridized carbons (Fsp3) is 0.565. The third-order valence-electron chi connectivity index (χ3n) is 5.10. The van der Waals surface area contributed by atoms with Crippen molar-refractivity contribution < 1.29 is 33.1 Å². The maximum Gasteiger partial charge on any atom is 0.410 e. The molecule has 34 heavy (non-hydrogen) atoms. The van der Waals surface area contributed by atoms with E-state index in [-0.39, 0.29) is 49.2 Å². The second-order valence-electron chi connectivity index (χ2n) is 9.02. The summed E-state index contributed by atoms with van der Waals surface area (Å²) in [5, 5.41) is 15.2. The highest BCUT2D eigenvalue weighted by Gasteiger charge is 2.27. The van der Waals surface area contributed by atoms with Crippen LogP contribution < -0.4 is 5.32 Å². The number of piperidine rings is 1. The lowest BCUT2D eigenvalue weighted by atomic mass is 10.1. The van der Waals surface area contributed by atoms with E-state index in [9.17, 15) is 14.0 Å². The molecule has 186 valence electrons. The summed E-state index contributed by atoms with van der Waals surface area (Å²) in [6, 6.07) is 4.05. The van der Waals surface area contributed by atoms with Crippen molar-refractivity contribution in [2.24, 2.45) is 0 Å². The Morgan fingerprint density at radius 3 is 2.68 bits per heavy atom. The molecule has 0 atom stereocenters. The number of carbonyl (C=O) groups excluding carboxylic acids is 2. The number of amides is 2. The van der Waals surface area contributed by atoms with Gasteiger partial charge in [0.2, 0.25) is 5.82 Å². The molecule has 10 nitrogen and oxygen atoms in total. The number of benzene rings is 1. The van der Waals surface area contributed by atoms with Gasteiger partial charge in [0.25, 0.3) is 11.8 Å². The van der Waals surface area contributed by atoms with E-state index in [1.54, 1.807) is 4.90 Å². The first-order valence-corrected chi connectivity index (χ1v) is 11.3. The minimum atomic E-state index is -0.710. The number of ether oxygens (including phenoxy) is 2. The number of nitrogens with one attached hydrogen (secondary N) is 1. The van der Waals surface area contributed by atoms with E-state index in [2.05, 4.69) is 15.5 Å². The van der Waals surface area contributed by atoms with Gasteiger partial charge in [-0.15, -0.1) is 0 Å². The molecule has 2 aromatic rings. The summed E-state index contributed by atoms with van der Waals surface area (Å²) in [5.41, 5.74) is -0.271. The molecule has 0 radical (unpaired) electrons. The smallest absolute Gasteiger partial charge is 0.410 e. The lowest BCUT2D eigenvalue weighted by Crippen LogP contribution is -2.43. The number of aromatic nitrogens is 2. The number of nitrogens with zero attached hydrogens (tertiary/aromatic N) is 3. The van der Waals surface area contributed by atoms with Crippen molar-refractivity contribution in [3.63, 3.8) is 0 Å². The second-order valence-corrected chi connectivity index (χ2v) is 9.02. The van der Waals surface area contributed by atoms with E-state index in [4.69, 9.17) is 19.1 Å². The monoisotopic (exact) mass is 478 g/mol. The van der Waals surface area contributed by atoms with E-state index >= 15 is 0 Å². The Labute approximate surface area is 197 Å². The molecule has 1 aromatic carbocycles. The number of halogens is 1. The Balaban J connectivity index is 1.49. The molecule has 1 aliphatic rings. The minimum Gasteiger partial charge on any atom is -0.444 e. The maximum absolute atomic E-state index is 14.4. The average Bonchev–Trinajstić information content (AvgIpc) is 3.26. The largest absolute Gasteiger partial charge is 0.444 e. The zero-order valence-electron chi connectivity index (χ0n) is 19.7. The number of hydrogen-bond acceptors (Lipinski definition) is 8. The van der Waals surface area contributed by atoms with Crippen LogP contribution >= 0.6 is 0 Å². The summed E-state index contributed by atoms with van der Waals surface area (Å²) < 4.78 is 30.9. The molecular formula is C23H31FN4O6. The number of aliphatic hydroxyl groups is 1. The van der Waals surface area contributed by atoms with Gasteiger partial charge in [-0.25, -0.2) is 9.18 Å². The fourth-order valence-corrected chi connectivity index (χ4v) is 3.37. The van der Waals surface area contributed by atoms with Crippen molar-refractivity contribution in [1.29, 1.82) is 0 Å². The molecule has 3 rings (SSSR count). The van der Waals surface area contributed by atoms with Gasteiger partial charge in [-0.05, 0) is 52.2 Å². The molecule has 2 amide bonds. The number of likely N-dealkylation sites (tertiary alicyclic amines) is 1. The quantitative estimate of drug-likeness (QED) is 0.555. The van der Waals surface area contributed by atoms with Gasteiger partial charge in [0.1, 0.15) is 18.0 Å². The highest BCUT2D eigenvalue weighted by Crippen LogP contribution is 2.21. The van der Waals surface area contributed by atoms with Crippen molar-refractivity contribution in [3.8, 4) is 11.4 Å². The van der Waals surface area contributed by atoms with E-state index < -0.39 is 17.3 Å². The molecule has 11 heteroatoms. The highest BCUT2D eigenvalue weighted by atomic mass is 19.1. The Morgan fingerprint density at radius 2 is 2.03 bits per heavy atom. The topological polar surface area (TPSA) is 127 Å². The summed E-state index contributed by atoms with van der Waals surface area (Å²) in [6.45, 7) is 6.86. The summed E-state index contributed by atoms with van der Waals surface area (Å²) in [4.78, 5) is 30.1. The second kappa shape index (κ2) is 11.4. The van der Waals surface area contributed by atoms with E-state index in [1.165, 1.54) is 18.2 Å². The molecule has 0 aliphatic carbocycles. The van der Waals surface area contributed by atoms with Crippen molar-refractivity contribution in [2.45, 2.75) is 58.3 Å². The third-order valence-corrected chi connectivity index (χ3v) is 5.10. The van der Waals surface area contributed by atoms with E-state index in [0.29, 0.717) is 37.9 Å². The Morgan fingerprint density at radius 1 is 1.29 bits per heavy atom. The van der Waals surface area contributed by atoms with Crippen LogP contribution in [0.3, 0.4) is 0 Å². The van der Waals surface area contributed by atoms with Gasteiger partial charge in [-0.1, -0.05) is 11.2 Å². The first kappa shape index (κ1) is 25.6. The summed E-state index contributed by atoms with van der Waals surface area (Å²) in [6.07, 6.45) is 1.33. The first-order valence-electron chi connectivity index (χ1n) is 11.3. The number of carbonyl (C=O) groups is 2. The van der Waals surface area contributed by atoms with Crippen LogP contribution in [0.25, 0.3) is 11.4 Å². The van der Waals surface area contributed by atoms with Crippen molar-refractivity contribution in [1.82, 2.24) is 20.4 Å². The van der Waals surface area contributed by atoms with E-state index in [1.807, 2.05) is 20.8 Å². The van der Waals surface area contributed by atoms with Crippen LogP contribution in [0.1, 0.15) is 56.3 Å². The van der Waals surface area contributed by atoms with Gasteiger partial charge in [0.05, 0.1) is 11.7 Å². The molecule has 0 saturated carbocycles. The molecule has 2 heterocycles. The van der Waals surface area contributed by atoms with Gasteiger partial charge in [0.15, 0.2) is 0 Å². The molecule has 0 bridgehead atoms. The summed E-state index contributed by atoms with van der Waals surface area (Å²) in [5.74, 6) is -0.837. The van der Waals surface area contributed by atoms with Crippen LogP contribution in [0.5, 0.6) is 0 Å². The molecule has 1 aliphatic heterocycles. The van der Waals surface area contributed by atoms with Crippen LogP contribution in [0.2, 0.25) is 0 Å². The number of rotatable bonds is 8. The maximum atomic E-state index is 14.4. The van der Waals surface area contributed by atoms with Crippen LogP contribution in [0.15, 0.2) is 22.7 Å². The van der Waals surface area contributed by atoms with Crippen LogP contribution in [0.4, 0.5) is 9.18 Å². The Kier molecular flexibility index (Phi) is 8.56. The molecule has 1 aromatic heterocycles.